The largest absolute Gasteiger partial charge is 0.363 e. The van der Waals surface area contributed by atoms with Crippen molar-refractivity contribution in [3.8, 4) is 0 Å². The summed E-state index contributed by atoms with van der Waals surface area (Å²) in [6.07, 6.45) is 3.14. The number of aromatic amines is 1. The number of nitrogens with one attached hydrogen (secondary N) is 3. The van der Waals surface area contributed by atoms with Crippen LogP contribution in [0.5, 0.6) is 0 Å². The van der Waals surface area contributed by atoms with Gasteiger partial charge in [0, 0.05) is 36.1 Å². The molecule has 8 heteroatoms. The lowest BCUT2D eigenvalue weighted by Crippen LogP contribution is -2.22. The van der Waals surface area contributed by atoms with E-state index in [4.69, 9.17) is 0 Å². The van der Waals surface area contributed by atoms with Crippen LogP contribution in [0, 0.1) is 0 Å². The van der Waals surface area contributed by atoms with E-state index < -0.39 is 10.0 Å². The Labute approximate surface area is 110 Å². The fraction of sp³-hybridized carbons (Fsp3) is 0.300. The van der Waals surface area contributed by atoms with Crippen LogP contribution in [-0.2, 0) is 23.1 Å². The maximum absolute atomic E-state index is 12.0. The van der Waals surface area contributed by atoms with Gasteiger partial charge in [-0.25, -0.2) is 13.1 Å². The number of sulfonamides is 1. The molecule has 6 nitrogen and oxygen atoms in total. The molecule has 2 aromatic heterocycles. The van der Waals surface area contributed by atoms with E-state index in [0.717, 1.165) is 10.6 Å². The van der Waals surface area contributed by atoms with E-state index >= 15 is 0 Å². The number of rotatable bonds is 6. The summed E-state index contributed by atoms with van der Waals surface area (Å²) in [5.41, 5.74) is 2.50. The molecule has 2 aromatic rings. The molecule has 0 bridgehead atoms. The molecule has 0 fully saturated rings. The zero-order chi connectivity index (χ0) is 13.0. The molecule has 0 aliphatic heterocycles. The van der Waals surface area contributed by atoms with Crippen LogP contribution >= 0.6 is 11.3 Å². The SMILES string of the molecule is CNCc1cc(S(=O)(=O)NCc2cncs2)c[nH]1. The highest BCUT2D eigenvalue weighted by atomic mass is 32.2. The number of nitrogens with zero attached hydrogens (tertiary/aromatic N) is 1. The number of hydrogen-bond acceptors (Lipinski definition) is 5. The molecular formula is C10H14N4O2S2. The van der Waals surface area contributed by atoms with E-state index in [0.29, 0.717) is 6.54 Å². The summed E-state index contributed by atoms with van der Waals surface area (Å²) in [6.45, 7) is 0.865. The van der Waals surface area contributed by atoms with Crippen LogP contribution < -0.4 is 10.0 Å². The molecule has 2 heterocycles. The van der Waals surface area contributed by atoms with Gasteiger partial charge in [0.05, 0.1) is 10.4 Å². The fourth-order valence-corrected chi connectivity index (χ4v) is 3.09. The average molecular weight is 286 g/mol. The molecule has 0 aliphatic carbocycles. The van der Waals surface area contributed by atoms with E-state index in [1.54, 1.807) is 24.8 Å². The number of hydrogen-bond donors (Lipinski definition) is 3. The first-order chi connectivity index (χ1) is 8.62. The molecule has 0 saturated heterocycles. The third-order valence-electron chi connectivity index (χ3n) is 2.31. The Hall–Kier alpha value is -1.22. The number of H-pyrrole nitrogens is 1. The zero-order valence-corrected chi connectivity index (χ0v) is 11.4. The minimum absolute atomic E-state index is 0.247. The van der Waals surface area contributed by atoms with Gasteiger partial charge in [0.25, 0.3) is 0 Å². The van der Waals surface area contributed by atoms with Crippen LogP contribution in [0.4, 0.5) is 0 Å². The second-order valence-corrected chi connectivity index (χ2v) is 6.42. The molecule has 3 N–H and O–H groups in total. The van der Waals surface area contributed by atoms with Gasteiger partial charge in [0.2, 0.25) is 10.0 Å². The Bertz CT molecular complexity index is 589. The first-order valence-electron chi connectivity index (χ1n) is 5.31. The van der Waals surface area contributed by atoms with Crippen molar-refractivity contribution in [1.82, 2.24) is 20.0 Å². The van der Waals surface area contributed by atoms with Crippen LogP contribution in [0.2, 0.25) is 0 Å². The molecule has 0 spiro atoms. The standard InChI is InChI=1S/C10H14N4O2S2/c1-11-3-8-2-10(6-13-8)18(15,16)14-5-9-4-12-7-17-9/h2,4,6-7,11,13-14H,3,5H2,1H3. The van der Waals surface area contributed by atoms with Gasteiger partial charge in [0.1, 0.15) is 0 Å². The molecular weight excluding hydrogens is 272 g/mol. The van der Waals surface area contributed by atoms with Crippen molar-refractivity contribution >= 4 is 21.4 Å². The van der Waals surface area contributed by atoms with Gasteiger partial charge in [-0.3, -0.25) is 4.98 Å². The molecule has 2 rings (SSSR count). The smallest absolute Gasteiger partial charge is 0.242 e. The predicted molar refractivity (Wildman–Crippen MR) is 69.7 cm³/mol. The van der Waals surface area contributed by atoms with E-state index in [1.807, 2.05) is 0 Å². The summed E-state index contributed by atoms with van der Waals surface area (Å²) in [5.74, 6) is 0. The molecule has 0 saturated carbocycles. The Morgan fingerprint density at radius 2 is 2.28 bits per heavy atom. The minimum atomic E-state index is -3.46. The average Bonchev–Trinajstić information content (AvgIpc) is 2.98. The van der Waals surface area contributed by atoms with E-state index in [9.17, 15) is 8.42 Å². The highest BCUT2D eigenvalue weighted by Crippen LogP contribution is 2.12. The molecule has 0 radical (unpaired) electrons. The van der Waals surface area contributed by atoms with E-state index in [2.05, 4.69) is 20.0 Å². The van der Waals surface area contributed by atoms with Crippen LogP contribution in [0.3, 0.4) is 0 Å². The predicted octanol–water partition coefficient (Wildman–Crippen LogP) is 0.669. The van der Waals surface area contributed by atoms with Gasteiger partial charge in [-0.1, -0.05) is 0 Å². The third-order valence-corrected chi connectivity index (χ3v) is 4.47. The number of aromatic nitrogens is 2. The van der Waals surface area contributed by atoms with E-state index in [1.165, 1.54) is 17.5 Å². The van der Waals surface area contributed by atoms with Crippen LogP contribution in [0.25, 0.3) is 0 Å². The van der Waals surface area contributed by atoms with E-state index in [-0.39, 0.29) is 11.4 Å². The van der Waals surface area contributed by atoms with Crippen LogP contribution in [0.1, 0.15) is 10.6 Å². The quantitative estimate of drug-likeness (QED) is 0.728. The van der Waals surface area contributed by atoms with Gasteiger partial charge >= 0.3 is 0 Å². The summed E-state index contributed by atoms with van der Waals surface area (Å²) in [4.78, 5) is 7.93. The van der Waals surface area contributed by atoms with Gasteiger partial charge in [0.15, 0.2) is 0 Å². The molecule has 0 unspecified atom stereocenters. The molecule has 0 atom stereocenters. The summed E-state index contributed by atoms with van der Waals surface area (Å²) >= 11 is 1.42. The van der Waals surface area contributed by atoms with Crippen molar-refractivity contribution in [2.24, 2.45) is 0 Å². The van der Waals surface area contributed by atoms with Crippen molar-refractivity contribution in [3.05, 3.63) is 34.5 Å². The molecule has 18 heavy (non-hydrogen) atoms. The molecule has 0 aliphatic rings. The second kappa shape index (κ2) is 5.61. The Balaban J connectivity index is 2.05. The summed E-state index contributed by atoms with van der Waals surface area (Å²) in [7, 11) is -1.66. The topological polar surface area (TPSA) is 86.9 Å². The maximum Gasteiger partial charge on any atom is 0.242 e. The Morgan fingerprint density at radius 3 is 2.94 bits per heavy atom. The highest BCUT2D eigenvalue weighted by molar-refractivity contribution is 7.89. The lowest BCUT2D eigenvalue weighted by atomic mass is 10.4. The van der Waals surface area contributed by atoms with Gasteiger partial charge in [-0.05, 0) is 13.1 Å². The Morgan fingerprint density at radius 1 is 1.44 bits per heavy atom. The summed E-state index contributed by atoms with van der Waals surface area (Å²) in [5, 5.41) is 2.95. The normalized spacial score (nSPS) is 11.8. The highest BCUT2D eigenvalue weighted by Gasteiger charge is 2.15. The lowest BCUT2D eigenvalue weighted by Gasteiger charge is -2.02. The van der Waals surface area contributed by atoms with Crippen LogP contribution in [0.15, 0.2) is 28.9 Å². The second-order valence-electron chi connectivity index (χ2n) is 3.68. The maximum atomic E-state index is 12.0. The molecule has 0 amide bonds. The van der Waals surface area contributed by atoms with Crippen molar-refractivity contribution in [2.75, 3.05) is 7.05 Å². The van der Waals surface area contributed by atoms with Crippen molar-refractivity contribution in [1.29, 1.82) is 0 Å². The Kier molecular flexibility index (Phi) is 4.12. The molecule has 98 valence electrons. The third kappa shape index (κ3) is 3.16. The van der Waals surface area contributed by atoms with Crippen LogP contribution in [-0.4, -0.2) is 25.4 Å². The summed E-state index contributed by atoms with van der Waals surface area (Å²) < 4.78 is 26.5. The summed E-state index contributed by atoms with van der Waals surface area (Å²) in [6, 6.07) is 1.62. The number of thiazole rings is 1. The van der Waals surface area contributed by atoms with Gasteiger partial charge in [-0.2, -0.15) is 0 Å². The fourth-order valence-electron chi connectivity index (χ4n) is 1.45. The van der Waals surface area contributed by atoms with Crippen molar-refractivity contribution in [2.45, 2.75) is 18.0 Å². The van der Waals surface area contributed by atoms with Gasteiger partial charge in [-0.15, -0.1) is 11.3 Å². The lowest BCUT2D eigenvalue weighted by molar-refractivity contribution is 0.582. The minimum Gasteiger partial charge on any atom is -0.363 e. The zero-order valence-electron chi connectivity index (χ0n) is 9.80. The molecule has 0 aromatic carbocycles. The monoisotopic (exact) mass is 286 g/mol. The van der Waals surface area contributed by atoms with Crippen molar-refractivity contribution in [3.63, 3.8) is 0 Å². The first kappa shape index (κ1) is 13.2. The van der Waals surface area contributed by atoms with Gasteiger partial charge < -0.3 is 10.3 Å². The van der Waals surface area contributed by atoms with Crippen molar-refractivity contribution < 1.29 is 8.42 Å². The first-order valence-corrected chi connectivity index (χ1v) is 7.67.